The van der Waals surface area contributed by atoms with E-state index in [4.69, 9.17) is 21.4 Å². The number of carbonyl (C=O) groups is 1. The Balaban J connectivity index is 1.70. The molecule has 0 spiro atoms. The summed E-state index contributed by atoms with van der Waals surface area (Å²) in [5, 5.41) is 14.1. The number of nitrogens with zero attached hydrogens (tertiary/aromatic N) is 2. The number of hydrogen-bond donors (Lipinski definition) is 2. The minimum Gasteiger partial charge on any atom is -0.478 e. The average Bonchev–Trinajstić information content (AvgIpc) is 2.77. The fourth-order valence-corrected chi connectivity index (χ4v) is 3.34. The van der Waals surface area contributed by atoms with Crippen molar-refractivity contribution in [1.82, 2.24) is 9.97 Å². The highest BCUT2D eigenvalue weighted by Gasteiger charge is 2.16. The Labute approximate surface area is 182 Å². The van der Waals surface area contributed by atoms with Crippen LogP contribution < -0.4 is 10.1 Å². The first kappa shape index (κ1) is 20.6. The van der Waals surface area contributed by atoms with Gasteiger partial charge in [-0.1, -0.05) is 23.7 Å². The molecular formula is C23H17ClFN3O3. The van der Waals surface area contributed by atoms with E-state index in [0.29, 0.717) is 27.4 Å². The number of pyridine rings is 2. The quantitative estimate of drug-likeness (QED) is 0.380. The second-order valence-electron chi connectivity index (χ2n) is 6.84. The zero-order valence-electron chi connectivity index (χ0n) is 16.3. The van der Waals surface area contributed by atoms with E-state index in [1.54, 1.807) is 36.5 Å². The Morgan fingerprint density at radius 1 is 1.10 bits per heavy atom. The van der Waals surface area contributed by atoms with E-state index >= 15 is 0 Å². The van der Waals surface area contributed by atoms with Gasteiger partial charge in [-0.25, -0.2) is 19.2 Å². The molecular weight excluding hydrogens is 421 g/mol. The predicted octanol–water partition coefficient (Wildman–Crippen LogP) is 6.09. The lowest BCUT2D eigenvalue weighted by Crippen LogP contribution is -2.09. The van der Waals surface area contributed by atoms with Crippen molar-refractivity contribution in [2.75, 3.05) is 5.32 Å². The third kappa shape index (κ3) is 4.41. The maximum absolute atomic E-state index is 13.2. The number of hydrogen-bond acceptors (Lipinski definition) is 5. The van der Waals surface area contributed by atoms with E-state index in [-0.39, 0.29) is 23.3 Å². The van der Waals surface area contributed by atoms with E-state index in [9.17, 15) is 9.18 Å². The third-order valence-corrected chi connectivity index (χ3v) is 5.06. The first-order valence-corrected chi connectivity index (χ1v) is 9.76. The summed E-state index contributed by atoms with van der Waals surface area (Å²) in [6, 6.07) is 13.8. The van der Waals surface area contributed by atoms with Crippen molar-refractivity contribution in [2.24, 2.45) is 0 Å². The lowest BCUT2D eigenvalue weighted by atomic mass is 10.1. The number of aromatic nitrogens is 2. The molecule has 0 aliphatic carbocycles. The maximum Gasteiger partial charge on any atom is 0.335 e. The topological polar surface area (TPSA) is 84.3 Å². The number of carboxylic acids is 1. The molecule has 4 rings (SSSR count). The van der Waals surface area contributed by atoms with Gasteiger partial charge in [-0.05, 0) is 55.0 Å². The second-order valence-corrected chi connectivity index (χ2v) is 7.25. The molecule has 2 heterocycles. The number of benzene rings is 2. The molecule has 6 nitrogen and oxygen atoms in total. The number of carboxylic acid groups (broad SMARTS) is 1. The normalized spacial score (nSPS) is 11.8. The summed E-state index contributed by atoms with van der Waals surface area (Å²) in [5.74, 6) is -0.154. The summed E-state index contributed by atoms with van der Waals surface area (Å²) in [4.78, 5) is 19.8. The first-order valence-electron chi connectivity index (χ1n) is 9.39. The maximum atomic E-state index is 13.2. The van der Waals surface area contributed by atoms with Gasteiger partial charge in [-0.15, -0.1) is 0 Å². The van der Waals surface area contributed by atoms with Gasteiger partial charge in [-0.2, -0.15) is 0 Å². The van der Waals surface area contributed by atoms with E-state index in [2.05, 4.69) is 15.3 Å². The molecule has 2 aromatic carbocycles. The number of rotatable bonds is 6. The molecule has 2 aromatic heterocycles. The van der Waals surface area contributed by atoms with Crippen LogP contribution in [-0.4, -0.2) is 21.0 Å². The summed E-state index contributed by atoms with van der Waals surface area (Å²) in [5.41, 5.74) is 1.09. The van der Waals surface area contributed by atoms with Gasteiger partial charge < -0.3 is 15.2 Å². The van der Waals surface area contributed by atoms with Gasteiger partial charge in [0.2, 0.25) is 5.88 Å². The van der Waals surface area contributed by atoms with Crippen LogP contribution in [0.5, 0.6) is 11.6 Å². The Hall–Kier alpha value is -3.71. The van der Waals surface area contributed by atoms with Gasteiger partial charge in [-0.3, -0.25) is 0 Å². The number of anilines is 1. The van der Waals surface area contributed by atoms with Crippen LogP contribution in [0.1, 0.15) is 28.9 Å². The molecule has 4 aromatic rings. The molecule has 0 radical (unpaired) electrons. The smallest absolute Gasteiger partial charge is 0.335 e. The summed E-state index contributed by atoms with van der Waals surface area (Å²) >= 11 is 6.35. The van der Waals surface area contributed by atoms with Gasteiger partial charge in [0, 0.05) is 17.6 Å². The number of aromatic carboxylic acids is 1. The molecule has 8 heteroatoms. The van der Waals surface area contributed by atoms with Crippen molar-refractivity contribution < 1.29 is 19.0 Å². The van der Waals surface area contributed by atoms with Gasteiger partial charge in [0.1, 0.15) is 17.4 Å². The number of nitrogens with one attached hydrogen (secondary N) is 1. The Morgan fingerprint density at radius 3 is 2.48 bits per heavy atom. The average molecular weight is 438 g/mol. The molecule has 0 fully saturated rings. The molecule has 0 amide bonds. The van der Waals surface area contributed by atoms with Gasteiger partial charge >= 0.3 is 5.97 Å². The number of halogens is 2. The van der Waals surface area contributed by atoms with Crippen LogP contribution in [0.4, 0.5) is 10.2 Å². The van der Waals surface area contributed by atoms with E-state index < -0.39 is 5.97 Å². The molecule has 0 saturated carbocycles. The SMILES string of the molecule is C[C@H](Nc1nccc2c(Cl)cnc(Oc3ccc(F)cc3)c12)c1ccc(C(=O)O)cc1. The monoisotopic (exact) mass is 437 g/mol. The Bertz CT molecular complexity index is 1250. The predicted molar refractivity (Wildman–Crippen MR) is 116 cm³/mol. The van der Waals surface area contributed by atoms with Gasteiger partial charge in [0.15, 0.2) is 0 Å². The minimum absolute atomic E-state index is 0.196. The van der Waals surface area contributed by atoms with Crippen LogP contribution in [0.2, 0.25) is 5.02 Å². The van der Waals surface area contributed by atoms with Crippen molar-refractivity contribution in [3.63, 3.8) is 0 Å². The van der Waals surface area contributed by atoms with Crippen LogP contribution in [0, 0.1) is 5.82 Å². The van der Waals surface area contributed by atoms with E-state index in [1.165, 1.54) is 30.5 Å². The van der Waals surface area contributed by atoms with Crippen LogP contribution in [0.25, 0.3) is 10.8 Å². The number of fused-ring (bicyclic) bond motifs is 1. The molecule has 0 aliphatic heterocycles. The summed E-state index contributed by atoms with van der Waals surface area (Å²) in [6.07, 6.45) is 3.11. The molecule has 0 aliphatic rings. The van der Waals surface area contributed by atoms with Crippen molar-refractivity contribution in [1.29, 1.82) is 0 Å². The zero-order chi connectivity index (χ0) is 22.0. The first-order chi connectivity index (χ1) is 14.9. The molecule has 31 heavy (non-hydrogen) atoms. The lowest BCUT2D eigenvalue weighted by Gasteiger charge is -2.18. The van der Waals surface area contributed by atoms with Crippen LogP contribution in [0.15, 0.2) is 67.0 Å². The van der Waals surface area contributed by atoms with Gasteiger partial charge in [0.05, 0.1) is 22.2 Å². The van der Waals surface area contributed by atoms with E-state index in [0.717, 1.165) is 5.56 Å². The zero-order valence-corrected chi connectivity index (χ0v) is 17.1. The summed E-state index contributed by atoms with van der Waals surface area (Å²) in [6.45, 7) is 1.93. The van der Waals surface area contributed by atoms with Crippen molar-refractivity contribution in [3.05, 3.63) is 89.0 Å². The van der Waals surface area contributed by atoms with Crippen molar-refractivity contribution >= 4 is 34.2 Å². The summed E-state index contributed by atoms with van der Waals surface area (Å²) < 4.78 is 19.1. The second kappa shape index (κ2) is 8.57. The Kier molecular flexibility index (Phi) is 5.68. The minimum atomic E-state index is -0.980. The highest BCUT2D eigenvalue weighted by molar-refractivity contribution is 6.35. The fraction of sp³-hybridized carbons (Fsp3) is 0.0870. The molecule has 0 unspecified atom stereocenters. The fourth-order valence-electron chi connectivity index (χ4n) is 3.13. The highest BCUT2D eigenvalue weighted by Crippen LogP contribution is 2.37. The van der Waals surface area contributed by atoms with Crippen molar-refractivity contribution in [3.8, 4) is 11.6 Å². The van der Waals surface area contributed by atoms with Crippen LogP contribution in [-0.2, 0) is 0 Å². The van der Waals surface area contributed by atoms with Crippen molar-refractivity contribution in [2.45, 2.75) is 13.0 Å². The molecule has 2 N–H and O–H groups in total. The Morgan fingerprint density at radius 2 is 1.81 bits per heavy atom. The highest BCUT2D eigenvalue weighted by atomic mass is 35.5. The molecule has 1 atom stereocenters. The molecule has 156 valence electrons. The largest absolute Gasteiger partial charge is 0.478 e. The number of ether oxygens (including phenoxy) is 1. The third-order valence-electron chi connectivity index (χ3n) is 4.76. The van der Waals surface area contributed by atoms with Crippen LogP contribution in [0.3, 0.4) is 0 Å². The van der Waals surface area contributed by atoms with Gasteiger partial charge in [0.25, 0.3) is 0 Å². The standard InChI is InChI=1S/C23H17ClFN3O3/c1-13(14-2-4-15(5-3-14)23(29)30)28-21-20-18(10-11-26-21)19(24)12-27-22(20)31-17-8-6-16(25)7-9-17/h2-13H,1H3,(H,26,28)(H,29,30)/t13-/m0/s1. The molecule has 0 saturated heterocycles. The molecule has 0 bridgehead atoms. The lowest BCUT2D eigenvalue weighted by molar-refractivity contribution is 0.0697. The van der Waals surface area contributed by atoms with Crippen LogP contribution >= 0.6 is 11.6 Å². The van der Waals surface area contributed by atoms with E-state index in [1.807, 2.05) is 6.92 Å². The summed E-state index contributed by atoms with van der Waals surface area (Å²) in [7, 11) is 0.